The van der Waals surface area contributed by atoms with E-state index in [4.69, 9.17) is 4.52 Å². The number of hydrogen-bond acceptors (Lipinski definition) is 5. The van der Waals surface area contributed by atoms with E-state index in [9.17, 15) is 15.0 Å². The topological polar surface area (TPSA) is 95.6 Å². The molecule has 0 fully saturated rings. The highest BCUT2D eigenvalue weighted by Crippen LogP contribution is 2.50. The minimum Gasteiger partial charge on any atom is -0.507 e. The number of carbonyl (C=O) groups excluding carboxylic acids is 1. The molecule has 0 spiro atoms. The number of phenolic OH excluding ortho intramolecular Hbond substituents is 2. The van der Waals surface area contributed by atoms with Crippen LogP contribution in [0, 0.1) is 41.5 Å². The lowest BCUT2D eigenvalue weighted by Crippen LogP contribution is -2.37. The fourth-order valence-electron chi connectivity index (χ4n) is 5.51. The Morgan fingerprint density at radius 1 is 0.833 bits per heavy atom. The molecule has 6 heteroatoms. The van der Waals surface area contributed by atoms with Crippen molar-refractivity contribution in [1.82, 2.24) is 5.16 Å². The summed E-state index contributed by atoms with van der Waals surface area (Å²) in [5.74, 6) is 1.07. The third-order valence-electron chi connectivity index (χ3n) is 7.49. The second-order valence-corrected chi connectivity index (χ2v) is 9.98. The van der Waals surface area contributed by atoms with Crippen LogP contribution in [0.15, 0.2) is 47.0 Å². The SMILES string of the molecule is Cc1cc(C2(c3cc(C)c(O)c(C)c3)C(=O)Nc3cc(Cc4c(C)noc4C)ccc32)cc(C)c1O. The summed E-state index contributed by atoms with van der Waals surface area (Å²) in [6, 6.07) is 13.6. The van der Waals surface area contributed by atoms with Gasteiger partial charge in [0.1, 0.15) is 22.7 Å². The zero-order chi connectivity index (χ0) is 25.9. The van der Waals surface area contributed by atoms with Crippen LogP contribution < -0.4 is 5.32 Å². The highest BCUT2D eigenvalue weighted by molar-refractivity contribution is 6.11. The summed E-state index contributed by atoms with van der Waals surface area (Å²) in [7, 11) is 0. The summed E-state index contributed by atoms with van der Waals surface area (Å²) < 4.78 is 5.33. The fraction of sp³-hybridized carbons (Fsp3) is 0.267. The standard InChI is InChI=1S/C30H30N2O4/c1-15-9-22(10-16(2)27(15)33)30(23-11-17(3)28(34)18(4)12-23)25-8-7-21(14-26(25)31-29(30)35)13-24-19(5)32-36-20(24)6/h7-12,14,33-34H,13H2,1-6H3,(H,31,35). The number of aromatic nitrogens is 1. The van der Waals surface area contributed by atoms with Crippen molar-refractivity contribution in [3.8, 4) is 11.5 Å². The maximum atomic E-state index is 14.0. The normalized spacial score (nSPS) is 14.1. The monoisotopic (exact) mass is 482 g/mol. The van der Waals surface area contributed by atoms with E-state index >= 15 is 0 Å². The van der Waals surface area contributed by atoms with Crippen LogP contribution in [0.2, 0.25) is 0 Å². The number of nitrogens with one attached hydrogen (secondary N) is 1. The number of nitrogens with zero attached hydrogens (tertiary/aromatic N) is 1. The van der Waals surface area contributed by atoms with Crippen molar-refractivity contribution >= 4 is 11.6 Å². The third-order valence-corrected chi connectivity index (χ3v) is 7.49. The van der Waals surface area contributed by atoms with E-state index in [-0.39, 0.29) is 17.4 Å². The van der Waals surface area contributed by atoms with Gasteiger partial charge in [0.15, 0.2) is 0 Å². The molecular weight excluding hydrogens is 452 g/mol. The van der Waals surface area contributed by atoms with Gasteiger partial charge in [-0.2, -0.15) is 0 Å². The maximum Gasteiger partial charge on any atom is 0.244 e. The molecule has 0 atom stereocenters. The third kappa shape index (κ3) is 3.40. The highest BCUT2D eigenvalue weighted by Gasteiger charge is 2.50. The second kappa shape index (κ2) is 8.26. The number of amides is 1. The Morgan fingerprint density at radius 3 is 1.83 bits per heavy atom. The summed E-state index contributed by atoms with van der Waals surface area (Å²) >= 11 is 0. The van der Waals surface area contributed by atoms with Gasteiger partial charge in [0, 0.05) is 23.2 Å². The van der Waals surface area contributed by atoms with Crippen LogP contribution in [0.25, 0.3) is 0 Å². The summed E-state index contributed by atoms with van der Waals surface area (Å²) in [6.45, 7) is 11.2. The van der Waals surface area contributed by atoms with Crippen molar-refractivity contribution in [3.63, 3.8) is 0 Å². The molecule has 3 aromatic carbocycles. The molecular formula is C30H30N2O4. The number of rotatable bonds is 4. The van der Waals surface area contributed by atoms with Crippen LogP contribution in [0.4, 0.5) is 5.69 Å². The van der Waals surface area contributed by atoms with Gasteiger partial charge in [-0.25, -0.2) is 0 Å². The van der Waals surface area contributed by atoms with Gasteiger partial charge in [-0.3, -0.25) is 4.79 Å². The molecule has 0 radical (unpaired) electrons. The molecule has 36 heavy (non-hydrogen) atoms. The van der Waals surface area contributed by atoms with Crippen LogP contribution in [0.5, 0.6) is 11.5 Å². The van der Waals surface area contributed by atoms with E-state index in [1.807, 2.05) is 84.0 Å². The van der Waals surface area contributed by atoms with Gasteiger partial charge >= 0.3 is 0 Å². The molecule has 2 heterocycles. The van der Waals surface area contributed by atoms with Gasteiger partial charge in [0.05, 0.1) is 5.69 Å². The number of hydrogen-bond donors (Lipinski definition) is 3. The molecule has 0 bridgehead atoms. The highest BCUT2D eigenvalue weighted by atomic mass is 16.5. The maximum absolute atomic E-state index is 14.0. The number of anilines is 1. The van der Waals surface area contributed by atoms with E-state index in [2.05, 4.69) is 10.5 Å². The largest absolute Gasteiger partial charge is 0.507 e. The Hall–Kier alpha value is -4.06. The van der Waals surface area contributed by atoms with Gasteiger partial charge in [0.2, 0.25) is 5.91 Å². The quantitative estimate of drug-likeness (QED) is 0.341. The van der Waals surface area contributed by atoms with Gasteiger partial charge in [-0.1, -0.05) is 41.6 Å². The average molecular weight is 483 g/mol. The molecule has 1 aliphatic heterocycles. The molecule has 1 amide bonds. The number of benzene rings is 3. The van der Waals surface area contributed by atoms with Crippen LogP contribution in [-0.2, 0) is 16.6 Å². The van der Waals surface area contributed by atoms with E-state index in [0.29, 0.717) is 28.7 Å². The number of aryl methyl sites for hydroxylation is 6. The molecule has 4 aromatic rings. The second-order valence-electron chi connectivity index (χ2n) is 9.98. The lowest BCUT2D eigenvalue weighted by atomic mass is 9.68. The number of fused-ring (bicyclic) bond motifs is 1. The first-order valence-corrected chi connectivity index (χ1v) is 12.0. The Balaban J connectivity index is 1.76. The molecule has 0 saturated carbocycles. The lowest BCUT2D eigenvalue weighted by molar-refractivity contribution is -0.118. The molecule has 0 saturated heterocycles. The first-order valence-electron chi connectivity index (χ1n) is 12.0. The molecule has 1 aromatic heterocycles. The van der Waals surface area contributed by atoms with Gasteiger partial charge in [-0.05, 0) is 86.6 Å². The zero-order valence-corrected chi connectivity index (χ0v) is 21.4. The molecule has 1 aliphatic rings. The van der Waals surface area contributed by atoms with Gasteiger partial charge in [0.25, 0.3) is 0 Å². The van der Waals surface area contributed by atoms with Crippen LogP contribution in [0.1, 0.15) is 61.5 Å². The van der Waals surface area contributed by atoms with Crippen LogP contribution in [0.3, 0.4) is 0 Å². The number of carbonyl (C=O) groups is 1. The number of aromatic hydroxyl groups is 2. The Kier molecular flexibility index (Phi) is 5.43. The van der Waals surface area contributed by atoms with Crippen LogP contribution >= 0.6 is 0 Å². The molecule has 5 rings (SSSR count). The molecule has 0 unspecified atom stereocenters. The van der Waals surface area contributed by atoms with Crippen molar-refractivity contribution in [3.05, 3.63) is 104 Å². The van der Waals surface area contributed by atoms with E-state index in [0.717, 1.165) is 45.0 Å². The average Bonchev–Trinajstić information content (AvgIpc) is 3.30. The first kappa shape index (κ1) is 23.7. The van der Waals surface area contributed by atoms with Crippen molar-refractivity contribution in [2.45, 2.75) is 53.4 Å². The summed E-state index contributed by atoms with van der Waals surface area (Å²) in [5.41, 5.74) is 7.74. The van der Waals surface area contributed by atoms with E-state index in [1.165, 1.54) is 0 Å². The molecule has 0 aliphatic carbocycles. The Morgan fingerprint density at radius 2 is 1.36 bits per heavy atom. The first-order chi connectivity index (χ1) is 17.0. The van der Waals surface area contributed by atoms with Gasteiger partial charge in [-0.15, -0.1) is 0 Å². The Bertz CT molecular complexity index is 1420. The molecule has 6 nitrogen and oxygen atoms in total. The lowest BCUT2D eigenvalue weighted by Gasteiger charge is -2.31. The summed E-state index contributed by atoms with van der Waals surface area (Å²) in [5, 5.41) is 28.1. The summed E-state index contributed by atoms with van der Waals surface area (Å²) in [4.78, 5) is 14.0. The molecule has 184 valence electrons. The minimum absolute atomic E-state index is 0.166. The van der Waals surface area contributed by atoms with Crippen LogP contribution in [-0.4, -0.2) is 21.3 Å². The fourth-order valence-corrected chi connectivity index (χ4v) is 5.51. The number of phenols is 2. The van der Waals surface area contributed by atoms with Gasteiger partial charge < -0.3 is 20.1 Å². The summed E-state index contributed by atoms with van der Waals surface area (Å²) in [6.07, 6.45) is 0.645. The zero-order valence-electron chi connectivity index (χ0n) is 21.4. The van der Waals surface area contributed by atoms with Crippen molar-refractivity contribution in [1.29, 1.82) is 0 Å². The predicted octanol–water partition coefficient (Wildman–Crippen LogP) is 5.81. The molecule has 3 N–H and O–H groups in total. The Labute approximate surface area is 210 Å². The van der Waals surface area contributed by atoms with Crippen molar-refractivity contribution in [2.24, 2.45) is 0 Å². The van der Waals surface area contributed by atoms with Crippen molar-refractivity contribution < 1.29 is 19.5 Å². The smallest absolute Gasteiger partial charge is 0.244 e. The predicted molar refractivity (Wildman–Crippen MR) is 139 cm³/mol. The van der Waals surface area contributed by atoms with E-state index in [1.54, 1.807) is 0 Å². The minimum atomic E-state index is -1.14. The van der Waals surface area contributed by atoms with E-state index < -0.39 is 5.41 Å². The van der Waals surface area contributed by atoms with Crippen molar-refractivity contribution in [2.75, 3.05) is 5.32 Å².